The van der Waals surface area contributed by atoms with Gasteiger partial charge in [-0.1, -0.05) is 30.3 Å². The van der Waals surface area contributed by atoms with Gasteiger partial charge in [-0.3, -0.25) is 9.59 Å². The van der Waals surface area contributed by atoms with Gasteiger partial charge in [0, 0.05) is 29.0 Å². The Morgan fingerprint density at radius 1 is 1.00 bits per heavy atom. The molecule has 0 aliphatic carbocycles. The summed E-state index contributed by atoms with van der Waals surface area (Å²) in [4.78, 5) is 25.4. The molecule has 0 atom stereocenters. The fourth-order valence-corrected chi connectivity index (χ4v) is 3.39. The van der Waals surface area contributed by atoms with E-state index in [0.717, 1.165) is 10.9 Å². The third-order valence-corrected chi connectivity index (χ3v) is 4.81. The van der Waals surface area contributed by atoms with E-state index in [1.165, 1.54) is 10.6 Å². The van der Waals surface area contributed by atoms with Crippen LogP contribution in [0.25, 0.3) is 10.9 Å². The second kappa shape index (κ2) is 7.75. The largest absolute Gasteiger partial charge is 0.338 e. The van der Waals surface area contributed by atoms with E-state index in [2.05, 4.69) is 5.32 Å². The molecule has 2 aromatic heterocycles. The number of aromatic nitrogens is 2. The number of benzene rings is 2. The van der Waals surface area contributed by atoms with E-state index in [4.69, 9.17) is 0 Å². The van der Waals surface area contributed by atoms with E-state index in [1.54, 1.807) is 47.3 Å². The van der Waals surface area contributed by atoms with E-state index in [-0.39, 0.29) is 30.4 Å². The Balaban J connectivity index is 1.61. The molecule has 0 unspecified atom stereocenters. The highest BCUT2D eigenvalue weighted by Crippen LogP contribution is 2.16. The van der Waals surface area contributed by atoms with Crippen molar-refractivity contribution < 1.29 is 9.18 Å². The van der Waals surface area contributed by atoms with Crippen molar-refractivity contribution in [2.24, 2.45) is 0 Å². The Morgan fingerprint density at radius 3 is 2.52 bits per heavy atom. The monoisotopic (exact) mass is 389 g/mol. The van der Waals surface area contributed by atoms with Crippen LogP contribution in [0.3, 0.4) is 0 Å². The number of carbonyl (C=O) groups excluding carboxylic acids is 1. The van der Waals surface area contributed by atoms with Crippen molar-refractivity contribution in [1.82, 2.24) is 9.13 Å². The van der Waals surface area contributed by atoms with Gasteiger partial charge in [0.1, 0.15) is 17.9 Å². The molecule has 0 aliphatic heterocycles. The first-order chi connectivity index (χ1) is 14.0. The van der Waals surface area contributed by atoms with Crippen molar-refractivity contribution >= 4 is 22.5 Å². The minimum atomic E-state index is -0.317. The van der Waals surface area contributed by atoms with Gasteiger partial charge in [-0.25, -0.2) is 4.39 Å². The number of amides is 1. The van der Waals surface area contributed by atoms with E-state index in [0.29, 0.717) is 16.8 Å². The van der Waals surface area contributed by atoms with Crippen molar-refractivity contribution in [3.05, 3.63) is 100 Å². The Hall–Kier alpha value is -3.67. The molecule has 2 aromatic carbocycles. The maximum absolute atomic E-state index is 14.0. The highest BCUT2D eigenvalue weighted by molar-refractivity contribution is 5.91. The molecule has 1 amide bonds. The number of anilines is 1. The van der Waals surface area contributed by atoms with Crippen LogP contribution in [0.15, 0.2) is 77.9 Å². The summed E-state index contributed by atoms with van der Waals surface area (Å²) in [5.74, 6) is -0.604. The van der Waals surface area contributed by atoms with E-state index >= 15 is 0 Å². The number of fused-ring (bicyclic) bond motifs is 1. The first-order valence-electron chi connectivity index (χ1n) is 9.29. The highest BCUT2D eigenvalue weighted by Gasteiger charge is 2.12. The van der Waals surface area contributed by atoms with E-state index in [9.17, 15) is 14.0 Å². The highest BCUT2D eigenvalue weighted by atomic mass is 19.1. The maximum Gasteiger partial charge on any atom is 0.275 e. The summed E-state index contributed by atoms with van der Waals surface area (Å²) in [6.07, 6.45) is 3.36. The number of aryl methyl sites for hydroxylation is 1. The third-order valence-electron chi connectivity index (χ3n) is 4.81. The predicted molar refractivity (Wildman–Crippen MR) is 112 cm³/mol. The van der Waals surface area contributed by atoms with Crippen LogP contribution in [0.4, 0.5) is 10.1 Å². The van der Waals surface area contributed by atoms with E-state index < -0.39 is 0 Å². The molecule has 0 saturated carbocycles. The van der Waals surface area contributed by atoms with Gasteiger partial charge >= 0.3 is 0 Å². The summed E-state index contributed by atoms with van der Waals surface area (Å²) in [6, 6.07) is 17.6. The van der Waals surface area contributed by atoms with Crippen LogP contribution in [0.1, 0.15) is 11.1 Å². The average molecular weight is 389 g/mol. The quantitative estimate of drug-likeness (QED) is 0.562. The molecule has 0 spiro atoms. The average Bonchev–Trinajstić information content (AvgIpc) is 3.09. The second-order valence-corrected chi connectivity index (χ2v) is 7.01. The molecule has 0 bridgehead atoms. The molecule has 0 fully saturated rings. The standard InChI is InChI=1S/C23H20FN3O2/c1-16-5-4-7-19(13-16)25-21(28)15-27-12-10-17-9-11-26(22(17)23(27)29)14-18-6-2-3-8-20(18)24/h2-13H,14-15H2,1H3,(H,25,28). The smallest absolute Gasteiger partial charge is 0.275 e. The molecule has 4 aromatic rings. The van der Waals surface area contributed by atoms with Gasteiger partial charge < -0.3 is 14.5 Å². The molecule has 5 nitrogen and oxygen atoms in total. The van der Waals surface area contributed by atoms with Crippen molar-refractivity contribution in [3.63, 3.8) is 0 Å². The van der Waals surface area contributed by atoms with Crippen LogP contribution < -0.4 is 10.9 Å². The summed E-state index contributed by atoms with van der Waals surface area (Å²) in [7, 11) is 0. The Bertz CT molecular complexity index is 1260. The number of nitrogens with one attached hydrogen (secondary N) is 1. The molecule has 0 aliphatic rings. The van der Waals surface area contributed by atoms with Gasteiger partial charge in [0.2, 0.25) is 5.91 Å². The zero-order chi connectivity index (χ0) is 20.4. The number of halogens is 1. The topological polar surface area (TPSA) is 56.0 Å². The van der Waals surface area contributed by atoms with Crippen LogP contribution in [-0.2, 0) is 17.9 Å². The summed E-state index contributed by atoms with van der Waals surface area (Å²) < 4.78 is 17.1. The second-order valence-electron chi connectivity index (χ2n) is 7.01. The number of nitrogens with zero attached hydrogens (tertiary/aromatic N) is 2. The minimum Gasteiger partial charge on any atom is -0.338 e. The lowest BCUT2D eigenvalue weighted by molar-refractivity contribution is -0.116. The molecule has 146 valence electrons. The van der Waals surface area contributed by atoms with Crippen LogP contribution in [0.5, 0.6) is 0 Å². The molecule has 6 heteroatoms. The number of rotatable bonds is 5. The van der Waals surface area contributed by atoms with Crippen molar-refractivity contribution in [2.45, 2.75) is 20.0 Å². The van der Waals surface area contributed by atoms with Gasteiger partial charge in [0.15, 0.2) is 0 Å². The van der Waals surface area contributed by atoms with Gasteiger partial charge in [-0.2, -0.15) is 0 Å². The molecule has 1 N–H and O–H groups in total. The predicted octanol–water partition coefficient (Wildman–Crippen LogP) is 3.94. The van der Waals surface area contributed by atoms with Crippen LogP contribution in [0, 0.1) is 12.7 Å². The Morgan fingerprint density at radius 2 is 1.76 bits per heavy atom. The van der Waals surface area contributed by atoms with Crippen molar-refractivity contribution in [3.8, 4) is 0 Å². The van der Waals surface area contributed by atoms with Crippen molar-refractivity contribution in [2.75, 3.05) is 5.32 Å². The molecule has 0 radical (unpaired) electrons. The fourth-order valence-electron chi connectivity index (χ4n) is 3.39. The number of pyridine rings is 1. The van der Waals surface area contributed by atoms with Gasteiger partial charge in [-0.15, -0.1) is 0 Å². The number of carbonyl (C=O) groups is 1. The molecule has 0 saturated heterocycles. The van der Waals surface area contributed by atoms with Gasteiger partial charge in [0.05, 0.1) is 6.54 Å². The molecule has 29 heavy (non-hydrogen) atoms. The maximum atomic E-state index is 14.0. The zero-order valence-electron chi connectivity index (χ0n) is 15.9. The van der Waals surface area contributed by atoms with Gasteiger partial charge in [0.25, 0.3) is 5.56 Å². The first-order valence-corrected chi connectivity index (χ1v) is 9.29. The first kappa shape index (κ1) is 18.7. The van der Waals surface area contributed by atoms with Crippen molar-refractivity contribution in [1.29, 1.82) is 0 Å². The van der Waals surface area contributed by atoms with Crippen LogP contribution in [0.2, 0.25) is 0 Å². The molecule has 2 heterocycles. The third kappa shape index (κ3) is 3.96. The van der Waals surface area contributed by atoms with Crippen LogP contribution >= 0.6 is 0 Å². The lowest BCUT2D eigenvalue weighted by Gasteiger charge is -2.10. The van der Waals surface area contributed by atoms with E-state index in [1.807, 2.05) is 31.2 Å². The lowest BCUT2D eigenvalue weighted by Crippen LogP contribution is -2.28. The Kier molecular flexibility index (Phi) is 4.99. The SMILES string of the molecule is Cc1cccc(NC(=O)Cn2ccc3ccn(Cc4ccccc4F)c3c2=O)c1. The normalized spacial score (nSPS) is 11.0. The van der Waals surface area contributed by atoms with Gasteiger partial charge in [-0.05, 0) is 42.8 Å². The zero-order valence-corrected chi connectivity index (χ0v) is 15.9. The number of hydrogen-bond donors (Lipinski definition) is 1. The summed E-state index contributed by atoms with van der Waals surface area (Å²) in [6.45, 7) is 2.08. The summed E-state index contributed by atoms with van der Waals surface area (Å²) >= 11 is 0. The molecular weight excluding hydrogens is 369 g/mol. The minimum absolute atomic E-state index is 0.104. The molecular formula is C23H20FN3O2. The Labute approximate surface area is 167 Å². The van der Waals surface area contributed by atoms with Crippen LogP contribution in [-0.4, -0.2) is 15.0 Å². The lowest BCUT2D eigenvalue weighted by atomic mass is 10.2. The summed E-state index contributed by atoms with van der Waals surface area (Å²) in [5.41, 5.74) is 2.37. The number of hydrogen-bond acceptors (Lipinski definition) is 2. The fraction of sp³-hybridized carbons (Fsp3) is 0.130. The summed E-state index contributed by atoms with van der Waals surface area (Å²) in [5, 5.41) is 3.56. The molecule has 4 rings (SSSR count).